The third-order valence-corrected chi connectivity index (χ3v) is 3.45. The molecule has 0 radical (unpaired) electrons. The largest absolute Gasteiger partial charge is 0.775 e. The lowest BCUT2D eigenvalue weighted by molar-refractivity contribution is -0.153. The van der Waals surface area contributed by atoms with E-state index in [1.807, 2.05) is 13.8 Å². The maximum atomic E-state index is 12.1. The van der Waals surface area contributed by atoms with Gasteiger partial charge in [0.15, 0.2) is 0 Å². The van der Waals surface area contributed by atoms with Gasteiger partial charge in [-0.25, -0.2) is 0 Å². The second kappa shape index (κ2) is 8.47. The molecule has 7 heteroatoms. The minimum Gasteiger partial charge on any atom is -0.474 e. The Labute approximate surface area is 129 Å². The minimum absolute atomic E-state index is 0.433. The van der Waals surface area contributed by atoms with Gasteiger partial charge in [-0.2, -0.15) is 0 Å². The average Bonchev–Trinajstić information content (AvgIpc) is 2.37. The van der Waals surface area contributed by atoms with Gasteiger partial charge in [-0.05, 0) is 40.5 Å². The van der Waals surface area contributed by atoms with Crippen LogP contribution in [0.15, 0.2) is 0 Å². The van der Waals surface area contributed by atoms with Crippen LogP contribution in [0, 0.1) is 10.8 Å². The van der Waals surface area contributed by atoms with Crippen molar-refractivity contribution in [1.82, 2.24) is 0 Å². The van der Waals surface area contributed by atoms with Gasteiger partial charge in [0, 0.05) is 0 Å². The standard InChI is InChI=1S/C14H28B2O5/c1-7-9-13(3,4)11(17)19-16(21-15)20-12(18)14(5,6)10-8-2/h7-10,15H2,1-6H3. The molecule has 0 rings (SSSR count). The highest BCUT2D eigenvalue weighted by Crippen LogP contribution is 2.26. The van der Waals surface area contributed by atoms with Gasteiger partial charge in [0.2, 0.25) is 8.05 Å². The van der Waals surface area contributed by atoms with Crippen molar-refractivity contribution in [2.75, 3.05) is 0 Å². The normalized spacial score (nSPS) is 11.9. The van der Waals surface area contributed by atoms with Crippen LogP contribution in [0.1, 0.15) is 67.2 Å². The predicted molar refractivity (Wildman–Crippen MR) is 84.9 cm³/mol. The van der Waals surface area contributed by atoms with E-state index in [2.05, 4.69) is 0 Å². The van der Waals surface area contributed by atoms with E-state index >= 15 is 0 Å². The lowest BCUT2D eigenvalue weighted by Crippen LogP contribution is -2.40. The molecule has 0 aromatic rings. The Balaban J connectivity index is 4.67. The lowest BCUT2D eigenvalue weighted by atomic mass is 9.87. The van der Waals surface area contributed by atoms with E-state index in [1.54, 1.807) is 27.7 Å². The summed E-state index contributed by atoms with van der Waals surface area (Å²) in [5.41, 5.74) is -1.26. The third kappa shape index (κ3) is 6.55. The monoisotopic (exact) mass is 298 g/mol. The molecule has 0 atom stereocenters. The van der Waals surface area contributed by atoms with Crippen LogP contribution in [0.25, 0.3) is 0 Å². The zero-order valence-corrected chi connectivity index (χ0v) is 14.4. The van der Waals surface area contributed by atoms with Gasteiger partial charge in [-0.15, -0.1) is 0 Å². The van der Waals surface area contributed by atoms with E-state index in [0.29, 0.717) is 12.8 Å². The number of hydrogen-bond acceptors (Lipinski definition) is 5. The summed E-state index contributed by atoms with van der Waals surface area (Å²) in [6.07, 6.45) is 3.11. The van der Waals surface area contributed by atoms with Crippen LogP contribution >= 0.6 is 0 Å². The SMILES string of the molecule is BOB(OC(=O)C(C)(C)CCC)OC(=O)C(C)(C)CCC. The Morgan fingerprint density at radius 3 is 1.48 bits per heavy atom. The Morgan fingerprint density at radius 2 is 1.24 bits per heavy atom. The molecule has 0 aromatic carbocycles. The van der Waals surface area contributed by atoms with E-state index in [1.165, 1.54) is 8.05 Å². The molecule has 120 valence electrons. The molecule has 21 heavy (non-hydrogen) atoms. The molecule has 0 aromatic heterocycles. The van der Waals surface area contributed by atoms with Crippen LogP contribution in [0.4, 0.5) is 0 Å². The van der Waals surface area contributed by atoms with Crippen molar-refractivity contribution in [1.29, 1.82) is 0 Å². The molecule has 0 N–H and O–H groups in total. The van der Waals surface area contributed by atoms with Crippen molar-refractivity contribution in [3.05, 3.63) is 0 Å². The van der Waals surface area contributed by atoms with E-state index in [4.69, 9.17) is 13.9 Å². The van der Waals surface area contributed by atoms with Gasteiger partial charge in [-0.1, -0.05) is 26.7 Å². The summed E-state index contributed by atoms with van der Waals surface area (Å²) in [6, 6.07) is 0. The summed E-state index contributed by atoms with van der Waals surface area (Å²) in [7, 11) is 0.0440. The molecule has 5 nitrogen and oxygen atoms in total. The zero-order chi connectivity index (χ0) is 16.7. The highest BCUT2D eigenvalue weighted by Gasteiger charge is 2.39. The molecule has 0 heterocycles. The average molecular weight is 298 g/mol. The van der Waals surface area contributed by atoms with E-state index in [9.17, 15) is 9.59 Å². The molecule has 0 amide bonds. The summed E-state index contributed by atoms with van der Waals surface area (Å²) in [4.78, 5) is 24.2. The van der Waals surface area contributed by atoms with Crippen molar-refractivity contribution in [3.63, 3.8) is 0 Å². The Kier molecular flexibility index (Phi) is 8.08. The molecular formula is C14H28B2O5. The third-order valence-electron chi connectivity index (χ3n) is 3.45. The molecule has 0 unspecified atom stereocenters. The second-order valence-corrected chi connectivity index (χ2v) is 6.60. The fourth-order valence-electron chi connectivity index (χ4n) is 2.07. The Bertz CT molecular complexity index is 323. The highest BCUT2D eigenvalue weighted by atomic mass is 16.7. The molecule has 0 fully saturated rings. The molecular weight excluding hydrogens is 270 g/mol. The first kappa shape index (κ1) is 20.0. The van der Waals surface area contributed by atoms with E-state index < -0.39 is 30.1 Å². The minimum atomic E-state index is -1.29. The first-order valence-corrected chi connectivity index (χ1v) is 7.55. The van der Waals surface area contributed by atoms with Gasteiger partial charge >= 0.3 is 7.32 Å². The van der Waals surface area contributed by atoms with Gasteiger partial charge in [0.05, 0.1) is 10.8 Å². The Morgan fingerprint density at radius 1 is 0.905 bits per heavy atom. The van der Waals surface area contributed by atoms with Crippen molar-refractivity contribution in [2.45, 2.75) is 67.2 Å². The van der Waals surface area contributed by atoms with E-state index in [-0.39, 0.29) is 0 Å². The van der Waals surface area contributed by atoms with Crippen LogP contribution in [0.2, 0.25) is 0 Å². The molecule has 0 aliphatic rings. The molecule has 0 saturated carbocycles. The van der Waals surface area contributed by atoms with E-state index in [0.717, 1.165) is 12.8 Å². The van der Waals surface area contributed by atoms with Crippen molar-refractivity contribution in [3.8, 4) is 0 Å². The maximum Gasteiger partial charge on any atom is 0.775 e. The maximum absolute atomic E-state index is 12.1. The summed E-state index contributed by atoms with van der Waals surface area (Å²) in [5, 5.41) is 0. The zero-order valence-electron chi connectivity index (χ0n) is 14.4. The summed E-state index contributed by atoms with van der Waals surface area (Å²) >= 11 is 0. The molecule has 0 bridgehead atoms. The van der Waals surface area contributed by atoms with Crippen molar-refractivity contribution in [2.24, 2.45) is 10.8 Å². The van der Waals surface area contributed by atoms with Crippen molar-refractivity contribution < 1.29 is 23.5 Å². The van der Waals surface area contributed by atoms with Gasteiger partial charge in [-0.3, -0.25) is 9.59 Å². The van der Waals surface area contributed by atoms with Crippen LogP contribution in [0.5, 0.6) is 0 Å². The molecule has 0 aliphatic carbocycles. The van der Waals surface area contributed by atoms with Crippen molar-refractivity contribution >= 4 is 27.3 Å². The topological polar surface area (TPSA) is 61.8 Å². The number of rotatable bonds is 9. The predicted octanol–water partition coefficient (Wildman–Crippen LogP) is 2.28. The van der Waals surface area contributed by atoms with Crippen LogP contribution in [0.3, 0.4) is 0 Å². The van der Waals surface area contributed by atoms with Crippen LogP contribution < -0.4 is 0 Å². The number of carbonyl (C=O) groups is 2. The number of carbonyl (C=O) groups excluding carboxylic acids is 2. The molecule has 0 saturated heterocycles. The van der Waals surface area contributed by atoms with Gasteiger partial charge < -0.3 is 13.9 Å². The molecule has 0 aliphatic heterocycles. The van der Waals surface area contributed by atoms with Crippen LogP contribution in [-0.4, -0.2) is 27.3 Å². The summed E-state index contributed by atoms with van der Waals surface area (Å²) in [5.74, 6) is -0.866. The fraction of sp³-hybridized carbons (Fsp3) is 0.857. The quantitative estimate of drug-likeness (QED) is 0.611. The van der Waals surface area contributed by atoms with Crippen LogP contribution in [-0.2, 0) is 23.5 Å². The first-order valence-electron chi connectivity index (χ1n) is 7.55. The summed E-state index contributed by atoms with van der Waals surface area (Å²) < 4.78 is 15.3. The first-order chi connectivity index (χ1) is 9.60. The molecule has 0 spiro atoms. The second-order valence-electron chi connectivity index (χ2n) is 6.60. The summed E-state index contributed by atoms with van der Waals surface area (Å²) in [6.45, 7) is 11.2. The number of hydrogen-bond donors (Lipinski definition) is 0. The fourth-order valence-corrected chi connectivity index (χ4v) is 2.07. The van der Waals surface area contributed by atoms with Gasteiger partial charge in [0.1, 0.15) is 0 Å². The highest BCUT2D eigenvalue weighted by molar-refractivity contribution is 6.46. The smallest absolute Gasteiger partial charge is 0.474 e. The lowest BCUT2D eigenvalue weighted by Gasteiger charge is -2.26. The van der Waals surface area contributed by atoms with Gasteiger partial charge in [0.25, 0.3) is 11.9 Å². The Hall–Kier alpha value is -0.970.